The summed E-state index contributed by atoms with van der Waals surface area (Å²) < 4.78 is 23.3. The quantitative estimate of drug-likeness (QED) is 0.594. The van der Waals surface area contributed by atoms with E-state index >= 15 is 0 Å². The number of hydrogen-bond donors (Lipinski definition) is 0. The average molecular weight is 236 g/mol. The first-order valence-corrected chi connectivity index (χ1v) is 4.98. The Balaban J connectivity index is 3.19. The summed E-state index contributed by atoms with van der Waals surface area (Å²) >= 11 is 0. The SMILES string of the molecule is CC#Cc1cc(F)c(CC(=O)OC)c(OC)c1. The summed E-state index contributed by atoms with van der Waals surface area (Å²) in [6.45, 7) is 1.66. The van der Waals surface area contributed by atoms with Crippen LogP contribution in [-0.2, 0) is 16.0 Å². The molecule has 0 fully saturated rings. The molecule has 0 aliphatic rings. The topological polar surface area (TPSA) is 35.5 Å². The van der Waals surface area contributed by atoms with Crippen LogP contribution in [0.4, 0.5) is 4.39 Å². The zero-order valence-corrected chi connectivity index (χ0v) is 9.96. The second-order valence-corrected chi connectivity index (χ2v) is 3.27. The van der Waals surface area contributed by atoms with Crippen LogP contribution in [0.1, 0.15) is 18.1 Å². The molecular formula is C13H13FO3. The Bertz CT molecular complexity index is 483. The number of ether oxygens (including phenoxy) is 2. The lowest BCUT2D eigenvalue weighted by Crippen LogP contribution is -2.08. The Morgan fingerprint density at radius 2 is 2.12 bits per heavy atom. The van der Waals surface area contributed by atoms with Crippen LogP contribution >= 0.6 is 0 Å². The highest BCUT2D eigenvalue weighted by atomic mass is 19.1. The molecule has 0 amide bonds. The number of hydrogen-bond acceptors (Lipinski definition) is 3. The van der Waals surface area contributed by atoms with Crippen LogP contribution in [0.25, 0.3) is 0 Å². The van der Waals surface area contributed by atoms with Crippen molar-refractivity contribution in [2.24, 2.45) is 0 Å². The third-order valence-corrected chi connectivity index (χ3v) is 2.19. The molecule has 0 aliphatic carbocycles. The molecular weight excluding hydrogens is 223 g/mol. The van der Waals surface area contributed by atoms with E-state index in [1.165, 1.54) is 20.3 Å². The lowest BCUT2D eigenvalue weighted by atomic mass is 10.1. The summed E-state index contributed by atoms with van der Waals surface area (Å²) in [5.74, 6) is 4.66. The van der Waals surface area contributed by atoms with E-state index in [0.717, 1.165) is 0 Å². The second-order valence-electron chi connectivity index (χ2n) is 3.27. The van der Waals surface area contributed by atoms with Gasteiger partial charge in [-0.3, -0.25) is 4.79 Å². The monoisotopic (exact) mass is 236 g/mol. The molecule has 0 spiro atoms. The number of esters is 1. The van der Waals surface area contributed by atoms with E-state index in [9.17, 15) is 9.18 Å². The van der Waals surface area contributed by atoms with Gasteiger partial charge in [-0.15, -0.1) is 5.92 Å². The smallest absolute Gasteiger partial charge is 0.310 e. The van der Waals surface area contributed by atoms with Gasteiger partial charge in [0.1, 0.15) is 11.6 Å². The van der Waals surface area contributed by atoms with Crippen molar-refractivity contribution in [3.63, 3.8) is 0 Å². The van der Waals surface area contributed by atoms with Gasteiger partial charge in [-0.2, -0.15) is 0 Å². The summed E-state index contributed by atoms with van der Waals surface area (Å²) in [5.41, 5.74) is 0.691. The zero-order chi connectivity index (χ0) is 12.8. The van der Waals surface area contributed by atoms with Crippen LogP contribution in [0, 0.1) is 17.7 Å². The molecule has 0 saturated heterocycles. The van der Waals surface area contributed by atoms with Gasteiger partial charge in [-0.1, -0.05) is 5.92 Å². The summed E-state index contributed by atoms with van der Waals surface area (Å²) in [6, 6.07) is 2.87. The number of benzene rings is 1. The van der Waals surface area contributed by atoms with Crippen LogP contribution in [0.15, 0.2) is 12.1 Å². The van der Waals surface area contributed by atoms with Gasteiger partial charge >= 0.3 is 5.97 Å². The minimum Gasteiger partial charge on any atom is -0.496 e. The maximum Gasteiger partial charge on any atom is 0.310 e. The van der Waals surface area contributed by atoms with Gasteiger partial charge in [0.25, 0.3) is 0 Å². The van der Waals surface area contributed by atoms with Gasteiger partial charge in [0.2, 0.25) is 0 Å². The number of methoxy groups -OCH3 is 2. The zero-order valence-electron chi connectivity index (χ0n) is 9.96. The molecule has 0 unspecified atom stereocenters. The lowest BCUT2D eigenvalue weighted by molar-refractivity contribution is -0.139. The Labute approximate surface area is 99.5 Å². The van der Waals surface area contributed by atoms with Crippen molar-refractivity contribution in [1.82, 2.24) is 0 Å². The highest BCUT2D eigenvalue weighted by Crippen LogP contribution is 2.24. The molecule has 0 bridgehead atoms. The van der Waals surface area contributed by atoms with E-state index in [2.05, 4.69) is 16.6 Å². The first-order chi connectivity index (χ1) is 8.12. The van der Waals surface area contributed by atoms with Crippen LogP contribution in [0.5, 0.6) is 5.75 Å². The Morgan fingerprint density at radius 1 is 1.41 bits per heavy atom. The summed E-state index contributed by atoms with van der Waals surface area (Å²) in [4.78, 5) is 11.1. The predicted octanol–water partition coefficient (Wildman–Crippen LogP) is 1.92. The van der Waals surface area contributed by atoms with E-state index in [4.69, 9.17) is 4.74 Å². The highest BCUT2D eigenvalue weighted by molar-refractivity contribution is 5.73. The number of carbonyl (C=O) groups is 1. The largest absolute Gasteiger partial charge is 0.496 e. The van der Waals surface area contributed by atoms with Crippen molar-refractivity contribution >= 4 is 5.97 Å². The van der Waals surface area contributed by atoms with Crippen molar-refractivity contribution in [3.05, 3.63) is 29.1 Å². The van der Waals surface area contributed by atoms with Crippen molar-refractivity contribution in [2.45, 2.75) is 13.3 Å². The number of rotatable bonds is 3. The molecule has 0 atom stereocenters. The van der Waals surface area contributed by atoms with E-state index in [1.807, 2.05) is 0 Å². The van der Waals surface area contributed by atoms with Crippen molar-refractivity contribution < 1.29 is 18.7 Å². The Hall–Kier alpha value is -2.02. The molecule has 0 aliphatic heterocycles. The van der Waals surface area contributed by atoms with Gasteiger partial charge < -0.3 is 9.47 Å². The molecule has 1 aromatic carbocycles. The van der Waals surface area contributed by atoms with Gasteiger partial charge in [0.15, 0.2) is 0 Å². The standard InChI is InChI=1S/C13H13FO3/c1-4-5-9-6-11(14)10(8-13(15)17-3)12(7-9)16-2/h6-7H,8H2,1-3H3. The molecule has 3 nitrogen and oxygen atoms in total. The average Bonchev–Trinajstić information content (AvgIpc) is 2.32. The minimum absolute atomic E-state index is 0.161. The van der Waals surface area contributed by atoms with Crippen LogP contribution in [0.3, 0.4) is 0 Å². The maximum absolute atomic E-state index is 13.8. The molecule has 0 radical (unpaired) electrons. The van der Waals surface area contributed by atoms with Crippen molar-refractivity contribution in [2.75, 3.05) is 14.2 Å². The van der Waals surface area contributed by atoms with Crippen molar-refractivity contribution in [3.8, 4) is 17.6 Å². The molecule has 0 N–H and O–H groups in total. The molecule has 4 heteroatoms. The molecule has 0 heterocycles. The van der Waals surface area contributed by atoms with Gasteiger partial charge in [0.05, 0.1) is 20.6 Å². The molecule has 17 heavy (non-hydrogen) atoms. The molecule has 1 rings (SSSR count). The third kappa shape index (κ3) is 3.22. The first-order valence-electron chi connectivity index (χ1n) is 4.98. The highest BCUT2D eigenvalue weighted by Gasteiger charge is 2.15. The van der Waals surface area contributed by atoms with Gasteiger partial charge in [-0.05, 0) is 19.1 Å². The van der Waals surface area contributed by atoms with Crippen LogP contribution in [-0.4, -0.2) is 20.2 Å². The Kier molecular flexibility index (Phi) is 4.53. The van der Waals surface area contributed by atoms with E-state index in [-0.39, 0.29) is 12.0 Å². The van der Waals surface area contributed by atoms with E-state index < -0.39 is 11.8 Å². The summed E-state index contributed by atoms with van der Waals surface area (Å²) in [5, 5.41) is 0. The van der Waals surface area contributed by atoms with Gasteiger partial charge in [0, 0.05) is 11.1 Å². The molecule has 90 valence electrons. The molecule has 0 saturated carbocycles. The fourth-order valence-corrected chi connectivity index (χ4v) is 1.40. The number of carbonyl (C=O) groups excluding carboxylic acids is 1. The minimum atomic E-state index is -0.521. The second kappa shape index (κ2) is 5.90. The van der Waals surface area contributed by atoms with E-state index in [0.29, 0.717) is 11.3 Å². The predicted molar refractivity (Wildman–Crippen MR) is 61.2 cm³/mol. The normalized spacial score (nSPS) is 9.18. The van der Waals surface area contributed by atoms with Crippen LogP contribution in [0.2, 0.25) is 0 Å². The summed E-state index contributed by atoms with van der Waals surface area (Å²) in [7, 11) is 2.67. The number of halogens is 1. The fraction of sp³-hybridized carbons (Fsp3) is 0.308. The molecule has 1 aromatic rings. The Morgan fingerprint density at radius 3 is 2.65 bits per heavy atom. The molecule has 0 aromatic heterocycles. The van der Waals surface area contributed by atoms with E-state index in [1.54, 1.807) is 13.0 Å². The van der Waals surface area contributed by atoms with Gasteiger partial charge in [-0.25, -0.2) is 4.39 Å². The first kappa shape index (κ1) is 13.0. The van der Waals surface area contributed by atoms with Crippen LogP contribution < -0.4 is 4.74 Å². The lowest BCUT2D eigenvalue weighted by Gasteiger charge is -2.09. The van der Waals surface area contributed by atoms with Crippen molar-refractivity contribution in [1.29, 1.82) is 0 Å². The maximum atomic E-state index is 13.8. The fourth-order valence-electron chi connectivity index (χ4n) is 1.40. The third-order valence-electron chi connectivity index (χ3n) is 2.19. The summed E-state index contributed by atoms with van der Waals surface area (Å²) in [6.07, 6.45) is -0.161.